The molecule has 0 aromatic carbocycles. The summed E-state index contributed by atoms with van der Waals surface area (Å²) in [6, 6.07) is 0. The molecule has 0 bridgehead atoms. The molecule has 0 radical (unpaired) electrons. The number of hydrogen-bond donors (Lipinski definition) is 0. The Morgan fingerprint density at radius 3 is 2.75 bits per heavy atom. The van der Waals surface area contributed by atoms with Gasteiger partial charge in [0.25, 0.3) is 0 Å². The van der Waals surface area contributed by atoms with Gasteiger partial charge in [-0.3, -0.25) is 4.58 Å². The molecule has 3 nitrogen and oxygen atoms in total. The first-order valence-corrected chi connectivity index (χ1v) is 2.50. The van der Waals surface area contributed by atoms with Crippen LogP contribution >= 0.6 is 11.6 Å². The van der Waals surface area contributed by atoms with E-state index < -0.39 is 5.63 Å². The van der Waals surface area contributed by atoms with Crippen LogP contribution in [0, 0.1) is 0 Å². The second-order valence-electron chi connectivity index (χ2n) is 1.24. The molecule has 0 N–H and O–H groups in total. The summed E-state index contributed by atoms with van der Waals surface area (Å²) in [5, 5.41) is 0. The maximum atomic E-state index is 10.3. The summed E-state index contributed by atoms with van der Waals surface area (Å²) in [5.74, 6) is 0.138. The summed E-state index contributed by atoms with van der Waals surface area (Å²) in [7, 11) is 0. The van der Waals surface area contributed by atoms with Crippen LogP contribution in [0.15, 0.2) is 20.2 Å². The smallest absolute Gasteiger partial charge is 0.294 e. The van der Waals surface area contributed by atoms with Gasteiger partial charge in [0.1, 0.15) is 0 Å². The zero-order chi connectivity index (χ0) is 5.98. The Kier molecular flexibility index (Phi) is 1.39. The summed E-state index contributed by atoms with van der Waals surface area (Å²) < 4.78 is 8.20. The Bertz CT molecular complexity index is 211. The lowest BCUT2D eigenvalue weighted by Crippen LogP contribution is -1.96. The van der Waals surface area contributed by atoms with Crippen LogP contribution in [0.2, 0.25) is 0 Å². The average molecular weight is 135 g/mol. The van der Waals surface area contributed by atoms with E-state index in [4.69, 9.17) is 11.6 Å². The third kappa shape index (κ3) is 0.767. The van der Waals surface area contributed by atoms with Crippen LogP contribution in [-0.4, -0.2) is 0 Å². The van der Waals surface area contributed by atoms with E-state index in [9.17, 15) is 4.79 Å². The van der Waals surface area contributed by atoms with Gasteiger partial charge in [-0.05, 0) is 0 Å². The number of alkyl halides is 1. The minimum atomic E-state index is -0.500. The van der Waals surface area contributed by atoms with Gasteiger partial charge in [0, 0.05) is 0 Å². The van der Waals surface area contributed by atoms with Gasteiger partial charge in [-0.15, -0.1) is 11.6 Å². The zero-order valence-corrected chi connectivity index (χ0v) is 4.64. The van der Waals surface area contributed by atoms with Crippen LogP contribution in [-0.2, 0) is 5.88 Å². The summed E-state index contributed by atoms with van der Waals surface area (Å²) in [6.45, 7) is 0. The number of halogens is 1. The molecule has 0 fully saturated rings. The lowest BCUT2D eigenvalue weighted by Gasteiger charge is -1.69. The first-order valence-electron chi connectivity index (χ1n) is 1.97. The van der Waals surface area contributed by atoms with Crippen LogP contribution in [0.1, 0.15) is 5.56 Å². The van der Waals surface area contributed by atoms with E-state index in [1.54, 1.807) is 0 Å². The molecule has 0 saturated heterocycles. The summed E-state index contributed by atoms with van der Waals surface area (Å²) in [6.07, 6.45) is 1.19. The molecule has 0 aliphatic heterocycles. The highest BCUT2D eigenvalue weighted by molar-refractivity contribution is 6.16. The molecule has 4 heteroatoms. The highest BCUT2D eigenvalue weighted by atomic mass is 35.5. The molecule has 0 aliphatic carbocycles. The topological polar surface area (TPSA) is 43.4 Å². The lowest BCUT2D eigenvalue weighted by molar-refractivity contribution is 0.0487. The van der Waals surface area contributed by atoms with E-state index in [1.807, 2.05) is 0 Å². The Balaban J connectivity index is 3.11. The monoisotopic (exact) mass is 134 g/mol. The normalized spacial score (nSPS) is 9.62. The molecule has 0 unspecified atom stereocenters. The molecule has 1 aromatic rings. The predicted octanol–water partition coefficient (Wildman–Crippen LogP) is 0.972. The minimum absolute atomic E-state index is 0.138. The summed E-state index contributed by atoms with van der Waals surface area (Å²) in [4.78, 5) is 10.3. The van der Waals surface area contributed by atoms with Crippen molar-refractivity contribution in [3.63, 3.8) is 0 Å². The van der Waals surface area contributed by atoms with Crippen molar-refractivity contribution in [3.8, 4) is 0 Å². The fourth-order valence-corrected chi connectivity index (χ4v) is 0.486. The van der Waals surface area contributed by atoms with Crippen molar-refractivity contribution in [1.29, 1.82) is 0 Å². The molecule has 1 aromatic heterocycles. The Morgan fingerprint density at radius 1 is 1.75 bits per heavy atom. The molecule has 0 saturated carbocycles. The molecule has 0 spiro atoms. The van der Waals surface area contributed by atoms with Crippen molar-refractivity contribution in [3.05, 3.63) is 22.2 Å². The molecule has 0 amide bonds. The van der Waals surface area contributed by atoms with Crippen LogP contribution in [0.25, 0.3) is 0 Å². The second-order valence-corrected chi connectivity index (χ2v) is 1.51. The fraction of sp³-hybridized carbons (Fsp3) is 0.250. The molecule has 0 atom stereocenters. The van der Waals surface area contributed by atoms with Crippen LogP contribution < -0.4 is 5.63 Å². The quantitative estimate of drug-likeness (QED) is 0.425. The Hall–Kier alpha value is -0.700. The maximum Gasteiger partial charge on any atom is 0.386 e. The molecule has 1 rings (SSSR count). The van der Waals surface area contributed by atoms with Crippen LogP contribution in [0.4, 0.5) is 0 Å². The first-order chi connectivity index (χ1) is 3.84. The molecular formula is C4H3ClO3. The average Bonchev–Trinajstić information content (AvgIpc) is 2.14. The van der Waals surface area contributed by atoms with Gasteiger partial charge >= 0.3 is 5.63 Å². The fourth-order valence-electron chi connectivity index (χ4n) is 0.314. The Morgan fingerprint density at radius 2 is 2.50 bits per heavy atom. The van der Waals surface area contributed by atoms with E-state index >= 15 is 0 Å². The largest absolute Gasteiger partial charge is 0.386 e. The first kappa shape index (κ1) is 5.44. The van der Waals surface area contributed by atoms with E-state index in [0.717, 1.165) is 0 Å². The highest BCUT2D eigenvalue weighted by Crippen LogP contribution is 1.95. The zero-order valence-electron chi connectivity index (χ0n) is 3.89. The van der Waals surface area contributed by atoms with Gasteiger partial charge < -0.3 is 0 Å². The lowest BCUT2D eigenvalue weighted by atomic mass is 10.4. The molecule has 44 valence electrons. The maximum absolute atomic E-state index is 10.3. The van der Waals surface area contributed by atoms with E-state index in [-0.39, 0.29) is 5.88 Å². The van der Waals surface area contributed by atoms with Gasteiger partial charge in [-0.25, -0.2) is 9.37 Å². The highest BCUT2D eigenvalue weighted by Gasteiger charge is 1.99. The SMILES string of the molecule is O=c1oocc1CCl. The molecule has 1 heterocycles. The third-order valence-corrected chi connectivity index (χ3v) is 1.01. The van der Waals surface area contributed by atoms with Gasteiger partial charge in [-0.2, -0.15) is 0 Å². The van der Waals surface area contributed by atoms with E-state index in [0.29, 0.717) is 5.56 Å². The van der Waals surface area contributed by atoms with Crippen molar-refractivity contribution in [2.24, 2.45) is 0 Å². The van der Waals surface area contributed by atoms with Crippen LogP contribution in [0.5, 0.6) is 0 Å². The van der Waals surface area contributed by atoms with Gasteiger partial charge in [0.05, 0.1) is 11.4 Å². The van der Waals surface area contributed by atoms with Gasteiger partial charge in [0.2, 0.25) is 0 Å². The molecule has 8 heavy (non-hydrogen) atoms. The summed E-state index contributed by atoms with van der Waals surface area (Å²) in [5.41, 5.74) is -0.147. The van der Waals surface area contributed by atoms with Crippen molar-refractivity contribution in [2.45, 2.75) is 5.88 Å². The third-order valence-electron chi connectivity index (χ3n) is 0.720. The standard InChI is InChI=1S/C4H3ClO3/c5-1-3-2-7-8-4(3)6/h2H,1H2. The minimum Gasteiger partial charge on any atom is -0.294 e. The molecule has 0 aliphatic rings. The van der Waals surface area contributed by atoms with E-state index in [2.05, 4.69) is 9.15 Å². The van der Waals surface area contributed by atoms with Crippen molar-refractivity contribution >= 4 is 11.6 Å². The van der Waals surface area contributed by atoms with Crippen molar-refractivity contribution in [1.82, 2.24) is 0 Å². The van der Waals surface area contributed by atoms with Crippen molar-refractivity contribution in [2.75, 3.05) is 0 Å². The van der Waals surface area contributed by atoms with Gasteiger partial charge in [0.15, 0.2) is 6.26 Å². The van der Waals surface area contributed by atoms with Crippen LogP contribution in [0.3, 0.4) is 0 Å². The second kappa shape index (κ2) is 2.05. The number of hydrogen-bond acceptors (Lipinski definition) is 3. The van der Waals surface area contributed by atoms with E-state index in [1.165, 1.54) is 6.26 Å². The summed E-state index contributed by atoms with van der Waals surface area (Å²) >= 11 is 5.25. The molecular weight excluding hydrogens is 131 g/mol. The van der Waals surface area contributed by atoms with Crippen molar-refractivity contribution < 1.29 is 9.15 Å². The Labute approximate surface area is 49.8 Å². The number of rotatable bonds is 1. The van der Waals surface area contributed by atoms with Gasteiger partial charge in [-0.1, -0.05) is 0 Å². The predicted molar refractivity (Wildman–Crippen MR) is 26.8 cm³/mol.